The maximum absolute atomic E-state index is 13.6. The van der Waals surface area contributed by atoms with Gasteiger partial charge in [0, 0.05) is 19.6 Å². The van der Waals surface area contributed by atoms with Gasteiger partial charge in [0.1, 0.15) is 18.2 Å². The number of nitrogens with zero attached hydrogens (tertiary/aromatic N) is 2. The smallest absolute Gasteiger partial charge is 0.328 e. The summed E-state index contributed by atoms with van der Waals surface area (Å²) in [5, 5.41) is 2.84. The number of amides is 1. The van der Waals surface area contributed by atoms with E-state index in [4.69, 9.17) is 0 Å². The molecular formula is C20H25FN4O2. The summed E-state index contributed by atoms with van der Waals surface area (Å²) in [5.41, 5.74) is 2.03. The highest BCUT2D eigenvalue weighted by atomic mass is 19.1. The average molecular weight is 372 g/mol. The molecule has 27 heavy (non-hydrogen) atoms. The third kappa shape index (κ3) is 4.13. The second kappa shape index (κ2) is 8.24. The SMILES string of the molecule is CCCCNC(=O)Cn1c2c([nH]c1=O)C=C(c1cccc(F)c1)CN2CC. The molecule has 0 atom stereocenters. The van der Waals surface area contributed by atoms with E-state index < -0.39 is 0 Å². The molecule has 0 saturated heterocycles. The summed E-state index contributed by atoms with van der Waals surface area (Å²) >= 11 is 0. The largest absolute Gasteiger partial charge is 0.355 e. The first-order valence-corrected chi connectivity index (χ1v) is 9.34. The van der Waals surface area contributed by atoms with Crippen LogP contribution in [0.1, 0.15) is 37.9 Å². The lowest BCUT2D eigenvalue weighted by molar-refractivity contribution is -0.121. The Morgan fingerprint density at radius 3 is 2.85 bits per heavy atom. The number of nitrogens with one attached hydrogen (secondary N) is 2. The zero-order valence-electron chi connectivity index (χ0n) is 15.7. The van der Waals surface area contributed by atoms with Crippen LogP contribution in [0.4, 0.5) is 10.2 Å². The van der Waals surface area contributed by atoms with E-state index in [1.165, 1.54) is 16.7 Å². The summed E-state index contributed by atoms with van der Waals surface area (Å²) in [6, 6.07) is 6.42. The number of fused-ring (bicyclic) bond motifs is 1. The number of carbonyl (C=O) groups excluding carboxylic acids is 1. The quantitative estimate of drug-likeness (QED) is 0.734. The van der Waals surface area contributed by atoms with E-state index in [1.807, 2.05) is 24.0 Å². The van der Waals surface area contributed by atoms with E-state index >= 15 is 0 Å². The lowest BCUT2D eigenvalue weighted by atomic mass is 10.0. The van der Waals surface area contributed by atoms with Crippen molar-refractivity contribution in [3.8, 4) is 0 Å². The lowest BCUT2D eigenvalue weighted by Gasteiger charge is -2.29. The van der Waals surface area contributed by atoms with Crippen LogP contribution in [0.3, 0.4) is 0 Å². The zero-order valence-corrected chi connectivity index (χ0v) is 15.7. The number of halogens is 1. The fourth-order valence-electron chi connectivity index (χ4n) is 3.30. The van der Waals surface area contributed by atoms with Crippen LogP contribution in [-0.2, 0) is 11.3 Å². The Bertz CT molecular complexity index is 913. The van der Waals surface area contributed by atoms with Gasteiger partial charge in [-0.3, -0.25) is 9.36 Å². The van der Waals surface area contributed by atoms with Crippen molar-refractivity contribution in [2.24, 2.45) is 0 Å². The Morgan fingerprint density at radius 2 is 2.15 bits per heavy atom. The highest BCUT2D eigenvalue weighted by molar-refractivity contribution is 5.89. The van der Waals surface area contributed by atoms with Gasteiger partial charge in [-0.05, 0) is 42.7 Å². The summed E-state index contributed by atoms with van der Waals surface area (Å²) in [5.74, 6) is 0.230. The second-order valence-electron chi connectivity index (χ2n) is 6.65. The summed E-state index contributed by atoms with van der Waals surface area (Å²) in [6.07, 6.45) is 3.77. The number of imidazole rings is 1. The van der Waals surface area contributed by atoms with Crippen LogP contribution in [-0.4, -0.2) is 35.1 Å². The number of likely N-dealkylation sites (N-methyl/N-ethyl adjacent to an activating group) is 1. The zero-order chi connectivity index (χ0) is 19.4. The van der Waals surface area contributed by atoms with Crippen LogP contribution >= 0.6 is 0 Å². The second-order valence-corrected chi connectivity index (χ2v) is 6.65. The first-order valence-electron chi connectivity index (χ1n) is 9.34. The third-order valence-electron chi connectivity index (χ3n) is 4.69. The predicted molar refractivity (Wildman–Crippen MR) is 105 cm³/mol. The van der Waals surface area contributed by atoms with E-state index in [2.05, 4.69) is 17.2 Å². The fraction of sp³-hybridized carbons (Fsp3) is 0.400. The lowest BCUT2D eigenvalue weighted by Crippen LogP contribution is -2.36. The minimum atomic E-state index is -0.319. The van der Waals surface area contributed by atoms with Gasteiger partial charge in [-0.25, -0.2) is 9.18 Å². The van der Waals surface area contributed by atoms with Crippen LogP contribution in [0.2, 0.25) is 0 Å². The third-order valence-corrected chi connectivity index (χ3v) is 4.69. The molecule has 2 heterocycles. The van der Waals surface area contributed by atoms with Crippen molar-refractivity contribution in [1.29, 1.82) is 0 Å². The molecule has 0 saturated carbocycles. The van der Waals surface area contributed by atoms with Crippen LogP contribution in [0, 0.1) is 5.82 Å². The minimum absolute atomic E-state index is 0.0198. The van der Waals surface area contributed by atoms with Gasteiger partial charge in [0.25, 0.3) is 0 Å². The molecule has 3 rings (SSSR count). The molecular weight excluding hydrogens is 347 g/mol. The van der Waals surface area contributed by atoms with Crippen LogP contribution in [0.15, 0.2) is 29.1 Å². The average Bonchev–Trinajstić information content (AvgIpc) is 2.96. The molecule has 1 aromatic carbocycles. The Labute approximate surface area is 157 Å². The Kier molecular flexibility index (Phi) is 5.78. The number of rotatable bonds is 7. The van der Waals surface area contributed by atoms with Crippen molar-refractivity contribution in [2.75, 3.05) is 24.5 Å². The van der Waals surface area contributed by atoms with Crippen molar-refractivity contribution < 1.29 is 9.18 Å². The number of benzene rings is 1. The van der Waals surface area contributed by atoms with Crippen LogP contribution < -0.4 is 15.9 Å². The highest BCUT2D eigenvalue weighted by Crippen LogP contribution is 2.31. The predicted octanol–water partition coefficient (Wildman–Crippen LogP) is 2.61. The van der Waals surface area contributed by atoms with Gasteiger partial charge in [0.2, 0.25) is 5.91 Å². The van der Waals surface area contributed by atoms with E-state index in [9.17, 15) is 14.0 Å². The molecule has 144 valence electrons. The van der Waals surface area contributed by atoms with Crippen molar-refractivity contribution in [1.82, 2.24) is 14.9 Å². The molecule has 1 aliphatic heterocycles. The number of aromatic nitrogens is 2. The molecule has 0 spiro atoms. The van der Waals surface area contributed by atoms with Gasteiger partial charge < -0.3 is 15.2 Å². The molecule has 0 fully saturated rings. The number of carbonyl (C=O) groups is 1. The number of H-pyrrole nitrogens is 1. The number of unbranched alkanes of at least 4 members (excludes halogenated alkanes) is 1. The molecule has 2 aromatic rings. The molecule has 0 unspecified atom stereocenters. The van der Waals surface area contributed by atoms with Gasteiger partial charge >= 0.3 is 5.69 Å². The topological polar surface area (TPSA) is 70.1 Å². The number of hydrogen-bond acceptors (Lipinski definition) is 3. The van der Waals surface area contributed by atoms with Gasteiger partial charge in [-0.2, -0.15) is 0 Å². The monoisotopic (exact) mass is 372 g/mol. The van der Waals surface area contributed by atoms with E-state index in [1.54, 1.807) is 6.07 Å². The van der Waals surface area contributed by atoms with Gasteiger partial charge in [0.15, 0.2) is 0 Å². The van der Waals surface area contributed by atoms with Gasteiger partial charge in [-0.1, -0.05) is 25.5 Å². The van der Waals surface area contributed by atoms with E-state index in [0.717, 1.165) is 24.0 Å². The van der Waals surface area contributed by atoms with Gasteiger partial charge in [0.05, 0.1) is 5.69 Å². The summed E-state index contributed by atoms with van der Waals surface area (Å²) in [7, 11) is 0. The maximum atomic E-state index is 13.6. The molecule has 6 nitrogen and oxygen atoms in total. The standard InChI is InChI=1S/C20H25FN4O2/c1-3-5-9-22-18(26)13-25-19-17(23-20(25)27)11-15(12-24(19)4-2)14-7-6-8-16(21)10-14/h6-8,10-11H,3-5,9,12-13H2,1-2H3,(H,22,26)(H,23,27). The number of hydrogen-bond donors (Lipinski definition) is 2. The van der Waals surface area contributed by atoms with Crippen molar-refractivity contribution in [3.05, 3.63) is 51.8 Å². The van der Waals surface area contributed by atoms with Crippen molar-refractivity contribution in [3.63, 3.8) is 0 Å². The molecule has 1 aliphatic rings. The number of anilines is 1. The first-order chi connectivity index (χ1) is 13.0. The molecule has 7 heteroatoms. The Morgan fingerprint density at radius 1 is 1.33 bits per heavy atom. The summed E-state index contributed by atoms with van der Waals surface area (Å²) in [6.45, 7) is 5.84. The van der Waals surface area contributed by atoms with E-state index in [-0.39, 0.29) is 24.0 Å². The summed E-state index contributed by atoms with van der Waals surface area (Å²) < 4.78 is 15.1. The normalized spacial score (nSPS) is 13.3. The number of aromatic amines is 1. The maximum Gasteiger partial charge on any atom is 0.328 e. The van der Waals surface area contributed by atoms with Crippen LogP contribution in [0.25, 0.3) is 11.6 Å². The van der Waals surface area contributed by atoms with E-state index in [0.29, 0.717) is 31.1 Å². The van der Waals surface area contributed by atoms with Crippen LogP contribution in [0.5, 0.6) is 0 Å². The fourth-order valence-corrected chi connectivity index (χ4v) is 3.30. The Hall–Kier alpha value is -2.83. The molecule has 1 aromatic heterocycles. The van der Waals surface area contributed by atoms with Gasteiger partial charge in [-0.15, -0.1) is 0 Å². The first kappa shape index (κ1) is 18.9. The molecule has 0 bridgehead atoms. The molecule has 0 radical (unpaired) electrons. The van der Waals surface area contributed by atoms with Crippen molar-refractivity contribution >= 4 is 23.4 Å². The Balaban J connectivity index is 1.91. The minimum Gasteiger partial charge on any atom is -0.355 e. The molecule has 2 N–H and O–H groups in total. The van der Waals surface area contributed by atoms with Crippen molar-refractivity contribution in [2.45, 2.75) is 33.2 Å². The highest BCUT2D eigenvalue weighted by Gasteiger charge is 2.25. The summed E-state index contributed by atoms with van der Waals surface area (Å²) in [4.78, 5) is 29.5. The molecule has 0 aliphatic carbocycles. The molecule has 1 amide bonds.